The molecule has 1 aliphatic heterocycles. The number of aliphatic carboxylic acids is 1. The maximum absolute atomic E-state index is 12.7. The van der Waals surface area contributed by atoms with Crippen molar-refractivity contribution in [2.75, 3.05) is 13.1 Å². The molecule has 8 heteroatoms. The highest BCUT2D eigenvalue weighted by Crippen LogP contribution is 2.26. The number of nitrogens with one attached hydrogen (secondary N) is 1. The van der Waals surface area contributed by atoms with Crippen molar-refractivity contribution < 1.29 is 19.5 Å². The van der Waals surface area contributed by atoms with Crippen LogP contribution in [0.5, 0.6) is 0 Å². The Balaban J connectivity index is 2.09. The minimum absolute atomic E-state index is 0.0185. The van der Waals surface area contributed by atoms with Gasteiger partial charge in [0, 0.05) is 18.1 Å². The number of hydrogen-bond acceptors (Lipinski definition) is 3. The van der Waals surface area contributed by atoms with Gasteiger partial charge in [-0.1, -0.05) is 30.1 Å². The summed E-state index contributed by atoms with van der Waals surface area (Å²) in [5.74, 6) is -2.39. The third-order valence-corrected chi connectivity index (χ3v) is 4.54. The second kappa shape index (κ2) is 7.85. The van der Waals surface area contributed by atoms with Crippen molar-refractivity contribution in [2.45, 2.75) is 25.8 Å². The van der Waals surface area contributed by atoms with E-state index >= 15 is 0 Å². The van der Waals surface area contributed by atoms with E-state index in [4.69, 9.17) is 28.3 Å². The number of halogens is 2. The topological polar surface area (TPSA) is 86.7 Å². The summed E-state index contributed by atoms with van der Waals surface area (Å²) in [5, 5.41) is 12.1. The monoisotopic (exact) mass is 372 g/mol. The van der Waals surface area contributed by atoms with Gasteiger partial charge in [0.1, 0.15) is 6.04 Å². The molecule has 1 fully saturated rings. The zero-order chi connectivity index (χ0) is 17.9. The lowest BCUT2D eigenvalue weighted by Crippen LogP contribution is -2.47. The fourth-order valence-corrected chi connectivity index (χ4v) is 2.93. The maximum atomic E-state index is 12.7. The standard InChI is InChI=1S/C16H18Cl2N2O4/c1-9(16(23)24)8-19-14(21)13-3-2-6-20(13)15(22)11-7-10(17)4-5-12(11)18/h4-5,7,9,13H,2-3,6,8H2,1H3,(H,19,21)(H,23,24). The van der Waals surface area contributed by atoms with Crippen molar-refractivity contribution in [2.24, 2.45) is 5.92 Å². The lowest BCUT2D eigenvalue weighted by Gasteiger charge is -2.24. The number of rotatable bonds is 5. The van der Waals surface area contributed by atoms with Gasteiger partial charge in [0.05, 0.1) is 16.5 Å². The molecule has 2 atom stereocenters. The summed E-state index contributed by atoms with van der Waals surface area (Å²) in [6.07, 6.45) is 1.22. The predicted octanol–water partition coefficient (Wildman–Crippen LogP) is 2.43. The molecule has 0 bridgehead atoms. The summed E-state index contributed by atoms with van der Waals surface area (Å²) < 4.78 is 0. The van der Waals surface area contributed by atoms with Crippen LogP contribution >= 0.6 is 23.2 Å². The molecular weight excluding hydrogens is 355 g/mol. The van der Waals surface area contributed by atoms with Crippen LogP contribution in [-0.4, -0.2) is 46.9 Å². The van der Waals surface area contributed by atoms with E-state index in [0.29, 0.717) is 24.4 Å². The van der Waals surface area contributed by atoms with Crippen LogP contribution in [-0.2, 0) is 9.59 Å². The molecule has 2 N–H and O–H groups in total. The van der Waals surface area contributed by atoms with Gasteiger partial charge in [0.25, 0.3) is 5.91 Å². The number of carboxylic acid groups (broad SMARTS) is 1. The Morgan fingerprint density at radius 2 is 2.08 bits per heavy atom. The minimum Gasteiger partial charge on any atom is -0.481 e. The van der Waals surface area contributed by atoms with Gasteiger partial charge in [-0.2, -0.15) is 0 Å². The number of nitrogens with zero attached hydrogens (tertiary/aromatic N) is 1. The van der Waals surface area contributed by atoms with E-state index in [1.807, 2.05) is 0 Å². The first-order valence-electron chi connectivity index (χ1n) is 7.57. The summed E-state index contributed by atoms with van der Waals surface area (Å²) in [6.45, 7) is 1.96. The largest absolute Gasteiger partial charge is 0.481 e. The lowest BCUT2D eigenvalue weighted by atomic mass is 10.1. The first kappa shape index (κ1) is 18.5. The van der Waals surface area contributed by atoms with Crippen molar-refractivity contribution in [1.82, 2.24) is 10.2 Å². The molecule has 1 aliphatic rings. The van der Waals surface area contributed by atoms with Crippen LogP contribution in [0.1, 0.15) is 30.1 Å². The number of amides is 2. The Morgan fingerprint density at radius 3 is 2.75 bits per heavy atom. The van der Waals surface area contributed by atoms with E-state index in [1.54, 1.807) is 6.07 Å². The van der Waals surface area contributed by atoms with Crippen molar-refractivity contribution in [1.29, 1.82) is 0 Å². The van der Waals surface area contributed by atoms with Crippen LogP contribution in [0, 0.1) is 5.92 Å². The summed E-state index contributed by atoms with van der Waals surface area (Å²) in [7, 11) is 0. The molecule has 1 saturated heterocycles. The number of carboxylic acids is 1. The normalized spacial score (nSPS) is 18.3. The molecule has 24 heavy (non-hydrogen) atoms. The summed E-state index contributed by atoms with van der Waals surface area (Å²) >= 11 is 12.0. The second-order valence-electron chi connectivity index (χ2n) is 5.77. The van der Waals surface area contributed by atoms with Crippen LogP contribution in [0.25, 0.3) is 0 Å². The predicted molar refractivity (Wildman–Crippen MR) is 90.3 cm³/mol. The number of likely N-dealkylation sites (tertiary alicyclic amines) is 1. The molecule has 0 radical (unpaired) electrons. The molecule has 1 heterocycles. The van der Waals surface area contributed by atoms with Crippen molar-refractivity contribution in [3.8, 4) is 0 Å². The van der Waals surface area contributed by atoms with Crippen LogP contribution < -0.4 is 5.32 Å². The van der Waals surface area contributed by atoms with Crippen LogP contribution in [0.15, 0.2) is 18.2 Å². The zero-order valence-electron chi connectivity index (χ0n) is 13.1. The fraction of sp³-hybridized carbons (Fsp3) is 0.438. The minimum atomic E-state index is -0.986. The average molecular weight is 373 g/mol. The summed E-state index contributed by atoms with van der Waals surface area (Å²) in [6, 6.07) is 3.97. The molecule has 0 aliphatic carbocycles. The molecule has 2 unspecified atom stereocenters. The molecule has 130 valence electrons. The molecule has 6 nitrogen and oxygen atoms in total. The highest BCUT2D eigenvalue weighted by molar-refractivity contribution is 6.35. The third-order valence-electron chi connectivity index (χ3n) is 3.98. The molecular formula is C16H18Cl2N2O4. The Hall–Kier alpha value is -1.79. The SMILES string of the molecule is CC(CNC(=O)C1CCCN1C(=O)c1cc(Cl)ccc1Cl)C(=O)O. The third kappa shape index (κ3) is 4.19. The first-order valence-corrected chi connectivity index (χ1v) is 8.33. The van der Waals surface area contributed by atoms with Gasteiger partial charge in [0.15, 0.2) is 0 Å². The number of benzene rings is 1. The molecule has 1 aromatic carbocycles. The van der Waals surface area contributed by atoms with E-state index in [2.05, 4.69) is 5.32 Å². The van der Waals surface area contributed by atoms with Crippen LogP contribution in [0.3, 0.4) is 0 Å². The first-order chi connectivity index (χ1) is 11.3. The van der Waals surface area contributed by atoms with E-state index < -0.39 is 17.9 Å². The highest BCUT2D eigenvalue weighted by Gasteiger charge is 2.35. The Bertz CT molecular complexity index is 665. The zero-order valence-corrected chi connectivity index (χ0v) is 14.6. The average Bonchev–Trinajstić information content (AvgIpc) is 3.03. The summed E-state index contributed by atoms with van der Waals surface area (Å²) in [4.78, 5) is 37.3. The van der Waals surface area contributed by atoms with Crippen LogP contribution in [0.2, 0.25) is 10.0 Å². The Kier molecular flexibility index (Phi) is 6.07. The van der Waals surface area contributed by atoms with Gasteiger partial charge in [0.2, 0.25) is 5.91 Å². The lowest BCUT2D eigenvalue weighted by molar-refractivity contribution is -0.141. The molecule has 0 saturated carbocycles. The Morgan fingerprint density at radius 1 is 1.38 bits per heavy atom. The number of carbonyl (C=O) groups is 3. The quantitative estimate of drug-likeness (QED) is 0.830. The molecule has 1 aromatic rings. The fourth-order valence-electron chi connectivity index (χ4n) is 2.56. The van der Waals surface area contributed by atoms with Gasteiger partial charge in [-0.15, -0.1) is 0 Å². The van der Waals surface area contributed by atoms with Gasteiger partial charge in [-0.3, -0.25) is 14.4 Å². The van der Waals surface area contributed by atoms with Gasteiger partial charge < -0.3 is 15.3 Å². The highest BCUT2D eigenvalue weighted by atomic mass is 35.5. The number of hydrogen-bond donors (Lipinski definition) is 2. The van der Waals surface area contributed by atoms with Gasteiger partial charge in [-0.25, -0.2) is 0 Å². The van der Waals surface area contributed by atoms with E-state index in [-0.39, 0.29) is 28.9 Å². The van der Waals surface area contributed by atoms with E-state index in [9.17, 15) is 14.4 Å². The maximum Gasteiger partial charge on any atom is 0.308 e. The van der Waals surface area contributed by atoms with E-state index in [0.717, 1.165) is 0 Å². The Labute approximate surface area is 149 Å². The smallest absolute Gasteiger partial charge is 0.308 e. The molecule has 2 rings (SSSR count). The van der Waals surface area contributed by atoms with Gasteiger partial charge >= 0.3 is 5.97 Å². The van der Waals surface area contributed by atoms with Gasteiger partial charge in [-0.05, 0) is 31.0 Å². The van der Waals surface area contributed by atoms with Crippen molar-refractivity contribution in [3.05, 3.63) is 33.8 Å². The van der Waals surface area contributed by atoms with Crippen LogP contribution in [0.4, 0.5) is 0 Å². The molecule has 0 spiro atoms. The number of carbonyl (C=O) groups excluding carboxylic acids is 2. The van der Waals surface area contributed by atoms with Crippen molar-refractivity contribution in [3.63, 3.8) is 0 Å². The van der Waals surface area contributed by atoms with Crippen molar-refractivity contribution >= 4 is 41.0 Å². The van der Waals surface area contributed by atoms with E-state index in [1.165, 1.54) is 24.0 Å². The summed E-state index contributed by atoms with van der Waals surface area (Å²) in [5.41, 5.74) is 0.253. The molecule has 0 aromatic heterocycles. The molecule has 2 amide bonds. The second-order valence-corrected chi connectivity index (χ2v) is 6.61.